The van der Waals surface area contributed by atoms with Crippen molar-refractivity contribution in [3.05, 3.63) is 0 Å². The van der Waals surface area contributed by atoms with E-state index in [2.05, 4.69) is 13.8 Å². The molecule has 0 rings (SSSR count). The average Bonchev–Trinajstić information content (AvgIpc) is 2.49. The lowest BCUT2D eigenvalue weighted by Gasteiger charge is -2.17. The molecule has 0 radical (unpaired) electrons. The molecule has 2 unspecified atom stereocenters. The van der Waals surface area contributed by atoms with Gasteiger partial charge in [-0.15, -0.1) is 0 Å². The van der Waals surface area contributed by atoms with E-state index in [4.69, 9.17) is 14.6 Å². The van der Waals surface area contributed by atoms with Gasteiger partial charge in [-0.05, 0) is 12.8 Å². The molecule has 0 heterocycles. The molecule has 0 aliphatic carbocycles. The van der Waals surface area contributed by atoms with Crippen LogP contribution < -0.4 is 0 Å². The van der Waals surface area contributed by atoms with Crippen molar-refractivity contribution in [2.75, 3.05) is 26.4 Å². The number of hydrogen-bond acceptors (Lipinski definition) is 4. The number of ether oxygens (including phenoxy) is 2. The van der Waals surface area contributed by atoms with Crippen molar-refractivity contribution >= 4 is 0 Å². The summed E-state index contributed by atoms with van der Waals surface area (Å²) in [6, 6.07) is 0. The second kappa shape index (κ2) is 16.2. The number of hydrogen-bond donors (Lipinski definition) is 2. The summed E-state index contributed by atoms with van der Waals surface area (Å²) in [7, 11) is 0. The number of aliphatic hydroxyl groups is 2. The van der Waals surface area contributed by atoms with E-state index in [1.54, 1.807) is 0 Å². The van der Waals surface area contributed by atoms with E-state index >= 15 is 0 Å². The van der Waals surface area contributed by atoms with Crippen LogP contribution in [-0.2, 0) is 9.47 Å². The molecule has 0 saturated heterocycles. The molecular weight excluding hydrogens is 268 g/mol. The third-order valence-corrected chi connectivity index (χ3v) is 3.56. The Kier molecular flexibility index (Phi) is 16.1. The molecule has 0 fully saturated rings. The normalized spacial score (nSPS) is 14.3. The first-order chi connectivity index (χ1) is 10.2. The van der Waals surface area contributed by atoms with Crippen LogP contribution in [-0.4, -0.2) is 48.8 Å². The smallest absolute Gasteiger partial charge is 0.104 e. The van der Waals surface area contributed by atoms with Crippen molar-refractivity contribution in [2.45, 2.75) is 83.8 Å². The van der Waals surface area contributed by atoms with Crippen molar-refractivity contribution in [1.29, 1.82) is 0 Å². The number of aliphatic hydroxyl groups excluding tert-OH is 2. The van der Waals surface area contributed by atoms with Crippen LogP contribution in [0.4, 0.5) is 0 Å². The van der Waals surface area contributed by atoms with Crippen LogP contribution in [0.5, 0.6) is 0 Å². The van der Waals surface area contributed by atoms with Crippen molar-refractivity contribution in [1.82, 2.24) is 0 Å². The fourth-order valence-electron chi connectivity index (χ4n) is 2.13. The van der Waals surface area contributed by atoms with Gasteiger partial charge in [-0.3, -0.25) is 0 Å². The number of unbranched alkanes of at least 4 members (excludes halogenated alkanes) is 6. The number of rotatable bonds is 16. The maximum absolute atomic E-state index is 9.82. The summed E-state index contributed by atoms with van der Waals surface area (Å²) in [5, 5.41) is 19.0. The van der Waals surface area contributed by atoms with Crippen molar-refractivity contribution in [3.63, 3.8) is 0 Å². The van der Waals surface area contributed by atoms with E-state index in [-0.39, 0.29) is 12.7 Å². The lowest BCUT2D eigenvalue weighted by atomic mass is 10.1. The summed E-state index contributed by atoms with van der Waals surface area (Å²) in [6.07, 6.45) is 9.61. The highest BCUT2D eigenvalue weighted by atomic mass is 16.5. The van der Waals surface area contributed by atoms with Gasteiger partial charge in [-0.2, -0.15) is 0 Å². The molecule has 128 valence electrons. The molecule has 0 aromatic heterocycles. The molecule has 0 spiro atoms. The molecule has 4 nitrogen and oxygen atoms in total. The second-order valence-electron chi connectivity index (χ2n) is 5.78. The van der Waals surface area contributed by atoms with E-state index in [1.165, 1.54) is 32.1 Å². The predicted molar refractivity (Wildman–Crippen MR) is 86.6 cm³/mol. The summed E-state index contributed by atoms with van der Waals surface area (Å²) in [5.41, 5.74) is 0. The van der Waals surface area contributed by atoms with Gasteiger partial charge in [-0.1, -0.05) is 58.8 Å². The maximum atomic E-state index is 9.82. The zero-order valence-electron chi connectivity index (χ0n) is 14.1. The first-order valence-electron chi connectivity index (χ1n) is 8.72. The Morgan fingerprint density at radius 2 is 1.52 bits per heavy atom. The third kappa shape index (κ3) is 14.5. The molecule has 4 heteroatoms. The maximum Gasteiger partial charge on any atom is 0.104 e. The van der Waals surface area contributed by atoms with E-state index in [1.807, 2.05) is 0 Å². The second-order valence-corrected chi connectivity index (χ2v) is 5.78. The van der Waals surface area contributed by atoms with Gasteiger partial charge in [0.05, 0.1) is 25.9 Å². The first kappa shape index (κ1) is 20.8. The molecule has 0 aliphatic heterocycles. The van der Waals surface area contributed by atoms with Gasteiger partial charge >= 0.3 is 0 Å². The summed E-state index contributed by atoms with van der Waals surface area (Å²) < 4.78 is 10.9. The van der Waals surface area contributed by atoms with Gasteiger partial charge in [0.15, 0.2) is 0 Å². The van der Waals surface area contributed by atoms with Crippen LogP contribution in [0.3, 0.4) is 0 Å². The quantitative estimate of drug-likeness (QED) is 0.430. The Labute approximate surface area is 130 Å². The van der Waals surface area contributed by atoms with E-state index in [0.717, 1.165) is 25.7 Å². The summed E-state index contributed by atoms with van der Waals surface area (Å²) in [4.78, 5) is 0. The molecule has 2 atom stereocenters. The fourth-order valence-corrected chi connectivity index (χ4v) is 2.13. The van der Waals surface area contributed by atoms with Crippen LogP contribution in [0.15, 0.2) is 0 Å². The van der Waals surface area contributed by atoms with Crippen molar-refractivity contribution < 1.29 is 19.7 Å². The van der Waals surface area contributed by atoms with E-state index < -0.39 is 6.10 Å². The molecular formula is C17H36O4. The molecule has 0 aromatic carbocycles. The lowest BCUT2D eigenvalue weighted by molar-refractivity contribution is -0.0597. The minimum atomic E-state index is -0.397. The Hall–Kier alpha value is -0.160. The highest BCUT2D eigenvalue weighted by Crippen LogP contribution is 2.09. The minimum Gasteiger partial charge on any atom is -0.394 e. The van der Waals surface area contributed by atoms with E-state index in [0.29, 0.717) is 19.8 Å². The summed E-state index contributed by atoms with van der Waals surface area (Å²) in [6.45, 7) is 5.64. The van der Waals surface area contributed by atoms with Crippen molar-refractivity contribution in [2.24, 2.45) is 0 Å². The van der Waals surface area contributed by atoms with Crippen LogP contribution in [0.2, 0.25) is 0 Å². The molecule has 21 heavy (non-hydrogen) atoms. The molecule has 0 amide bonds. The molecule has 0 aliphatic rings. The molecule has 2 N–H and O–H groups in total. The average molecular weight is 304 g/mol. The Morgan fingerprint density at radius 3 is 2.19 bits per heavy atom. The Balaban J connectivity index is 3.43. The van der Waals surface area contributed by atoms with Crippen LogP contribution >= 0.6 is 0 Å². The summed E-state index contributed by atoms with van der Waals surface area (Å²) in [5.74, 6) is 0. The fraction of sp³-hybridized carbons (Fsp3) is 1.00. The third-order valence-electron chi connectivity index (χ3n) is 3.56. The van der Waals surface area contributed by atoms with Crippen molar-refractivity contribution in [3.8, 4) is 0 Å². The van der Waals surface area contributed by atoms with Gasteiger partial charge < -0.3 is 19.7 Å². The standard InChI is InChI=1S/C17H36O4/c1-3-5-7-8-9-10-11-16(19)14-20-15-17(13-18)21-12-6-4-2/h16-19H,3-15H2,1-2H3. The Bertz CT molecular complexity index is 199. The SMILES string of the molecule is CCCCCCCCC(O)COCC(CO)OCCCC. The van der Waals surface area contributed by atoms with Gasteiger partial charge in [-0.25, -0.2) is 0 Å². The van der Waals surface area contributed by atoms with Gasteiger partial charge in [0, 0.05) is 6.61 Å². The Morgan fingerprint density at radius 1 is 0.857 bits per heavy atom. The highest BCUT2D eigenvalue weighted by Gasteiger charge is 2.10. The monoisotopic (exact) mass is 304 g/mol. The van der Waals surface area contributed by atoms with Gasteiger partial charge in [0.25, 0.3) is 0 Å². The van der Waals surface area contributed by atoms with Crippen LogP contribution in [0.1, 0.15) is 71.6 Å². The van der Waals surface area contributed by atoms with Gasteiger partial charge in [0.1, 0.15) is 6.10 Å². The molecule has 0 aromatic rings. The van der Waals surface area contributed by atoms with E-state index in [9.17, 15) is 5.11 Å². The first-order valence-corrected chi connectivity index (χ1v) is 8.72. The predicted octanol–water partition coefficient (Wildman–Crippen LogP) is 3.29. The molecule has 0 saturated carbocycles. The summed E-state index contributed by atoms with van der Waals surface area (Å²) >= 11 is 0. The van der Waals surface area contributed by atoms with Gasteiger partial charge in [0.2, 0.25) is 0 Å². The minimum absolute atomic E-state index is 0.0305. The zero-order chi connectivity index (χ0) is 15.8. The topological polar surface area (TPSA) is 58.9 Å². The largest absolute Gasteiger partial charge is 0.394 e. The van der Waals surface area contributed by atoms with Crippen LogP contribution in [0.25, 0.3) is 0 Å². The zero-order valence-corrected chi connectivity index (χ0v) is 14.1. The highest BCUT2D eigenvalue weighted by molar-refractivity contribution is 4.58. The van der Waals surface area contributed by atoms with Crippen LogP contribution in [0, 0.1) is 0 Å². The lowest BCUT2D eigenvalue weighted by Crippen LogP contribution is -2.27. The molecule has 0 bridgehead atoms.